The Balaban J connectivity index is 1.38. The molecule has 0 saturated carbocycles. The fraction of sp³-hybridized carbons (Fsp3) is 0.370. The fourth-order valence-corrected chi connectivity index (χ4v) is 5.42. The van der Waals surface area contributed by atoms with Crippen molar-refractivity contribution in [3.63, 3.8) is 0 Å². The third-order valence-corrected chi connectivity index (χ3v) is 7.24. The maximum Gasteiger partial charge on any atom is 0.254 e. The molecule has 1 aromatic heterocycles. The number of primary amides is 1. The molecule has 0 unspecified atom stereocenters. The van der Waals surface area contributed by atoms with Crippen molar-refractivity contribution in [1.29, 1.82) is 0 Å². The minimum Gasteiger partial charge on any atom is -0.457 e. The van der Waals surface area contributed by atoms with Crippen molar-refractivity contribution in [3.8, 4) is 22.8 Å². The summed E-state index contributed by atoms with van der Waals surface area (Å²) in [6.07, 6.45) is 3.06. The minimum absolute atomic E-state index is 0.117. The van der Waals surface area contributed by atoms with Gasteiger partial charge >= 0.3 is 0 Å². The number of carbonyl (C=O) groups excluding carboxylic acids is 2. The minimum atomic E-state index is -0.509. The van der Waals surface area contributed by atoms with E-state index in [0.29, 0.717) is 41.0 Å². The number of halogens is 1. The quantitative estimate of drug-likeness (QED) is 0.452. The van der Waals surface area contributed by atoms with Crippen LogP contribution in [0.25, 0.3) is 11.3 Å². The van der Waals surface area contributed by atoms with Gasteiger partial charge in [-0.2, -0.15) is 5.10 Å². The number of fused-ring (bicyclic) bond motifs is 1. The molecule has 0 aliphatic carbocycles. The van der Waals surface area contributed by atoms with Crippen LogP contribution in [0.3, 0.4) is 0 Å². The Kier molecular flexibility index (Phi) is 7.13. The Morgan fingerprint density at radius 3 is 2.39 bits per heavy atom. The van der Waals surface area contributed by atoms with Crippen LogP contribution in [0.1, 0.15) is 42.1 Å². The van der Waals surface area contributed by atoms with E-state index in [2.05, 4.69) is 5.32 Å². The lowest BCUT2D eigenvalue weighted by Gasteiger charge is -2.38. The van der Waals surface area contributed by atoms with Crippen LogP contribution >= 0.6 is 11.6 Å². The first-order valence-corrected chi connectivity index (χ1v) is 12.9. The number of carbonyl (C=O) groups is 2. The molecule has 1 atom stereocenters. The van der Waals surface area contributed by atoms with E-state index in [9.17, 15) is 9.59 Å². The molecule has 2 amide bonds. The number of likely N-dealkylation sites (tertiary alicyclic amines) is 1. The highest BCUT2D eigenvalue weighted by molar-refractivity contribution is 6.18. The molecule has 5 rings (SSSR count). The molecule has 8 nitrogen and oxygen atoms in total. The Morgan fingerprint density at radius 2 is 1.72 bits per heavy atom. The first kappa shape index (κ1) is 24.2. The van der Waals surface area contributed by atoms with E-state index in [-0.39, 0.29) is 11.9 Å². The number of nitrogens with zero attached hydrogens (tertiary/aromatic N) is 3. The van der Waals surface area contributed by atoms with Crippen LogP contribution in [0.15, 0.2) is 54.6 Å². The SMILES string of the molecule is NC(=O)c1c(-c2ccc(Oc3ccccc3)cc2)nn2c1NCC[C@H]2C1CCN(C(=O)CCCl)CC1. The lowest BCUT2D eigenvalue weighted by molar-refractivity contribution is -0.132. The van der Waals surface area contributed by atoms with Crippen LogP contribution in [0.4, 0.5) is 5.82 Å². The molecular weight excluding hydrogens is 478 g/mol. The van der Waals surface area contributed by atoms with Crippen molar-refractivity contribution in [2.24, 2.45) is 11.7 Å². The molecule has 188 valence electrons. The molecule has 3 heterocycles. The highest BCUT2D eigenvalue weighted by Crippen LogP contribution is 2.40. The Bertz CT molecular complexity index is 1220. The number of ether oxygens (including phenoxy) is 1. The number of hydrogen-bond donors (Lipinski definition) is 2. The van der Waals surface area contributed by atoms with Gasteiger partial charge in [-0.3, -0.25) is 9.59 Å². The van der Waals surface area contributed by atoms with Gasteiger partial charge in [-0.05, 0) is 61.6 Å². The lowest BCUT2D eigenvalue weighted by Crippen LogP contribution is -2.41. The summed E-state index contributed by atoms with van der Waals surface area (Å²) in [6.45, 7) is 2.18. The van der Waals surface area contributed by atoms with Crippen LogP contribution < -0.4 is 15.8 Å². The molecule has 3 aromatic rings. The smallest absolute Gasteiger partial charge is 0.254 e. The van der Waals surface area contributed by atoms with Crippen LogP contribution in [0, 0.1) is 5.92 Å². The van der Waals surface area contributed by atoms with Crippen LogP contribution in [-0.4, -0.2) is 52.0 Å². The molecule has 9 heteroatoms. The predicted octanol–water partition coefficient (Wildman–Crippen LogP) is 4.67. The number of benzene rings is 2. The Hall–Kier alpha value is -3.52. The number of hydrogen-bond acceptors (Lipinski definition) is 5. The largest absolute Gasteiger partial charge is 0.457 e. The zero-order valence-electron chi connectivity index (χ0n) is 20.0. The van der Waals surface area contributed by atoms with Gasteiger partial charge in [0, 0.05) is 37.5 Å². The van der Waals surface area contributed by atoms with Crippen molar-refractivity contribution >= 4 is 29.2 Å². The van der Waals surface area contributed by atoms with Gasteiger partial charge in [-0.1, -0.05) is 18.2 Å². The average molecular weight is 508 g/mol. The molecule has 2 aliphatic heterocycles. The number of piperidine rings is 1. The monoisotopic (exact) mass is 507 g/mol. The zero-order chi connectivity index (χ0) is 25.1. The molecule has 36 heavy (non-hydrogen) atoms. The fourth-order valence-electron chi connectivity index (χ4n) is 5.25. The summed E-state index contributed by atoms with van der Waals surface area (Å²) in [5, 5.41) is 8.27. The van der Waals surface area contributed by atoms with Gasteiger partial charge < -0.3 is 20.7 Å². The summed E-state index contributed by atoms with van der Waals surface area (Å²) in [6, 6.07) is 17.2. The van der Waals surface area contributed by atoms with Gasteiger partial charge in [-0.25, -0.2) is 4.68 Å². The number of nitrogens with two attached hydrogens (primary N) is 1. The van der Waals surface area contributed by atoms with Crippen molar-refractivity contribution in [2.75, 3.05) is 30.8 Å². The van der Waals surface area contributed by atoms with Gasteiger partial charge in [0.05, 0.1) is 6.04 Å². The molecule has 1 saturated heterocycles. The van der Waals surface area contributed by atoms with Gasteiger partial charge in [0.15, 0.2) is 0 Å². The third-order valence-electron chi connectivity index (χ3n) is 7.06. The van der Waals surface area contributed by atoms with E-state index >= 15 is 0 Å². The van der Waals surface area contributed by atoms with E-state index in [1.807, 2.05) is 64.2 Å². The first-order valence-electron chi connectivity index (χ1n) is 12.4. The second kappa shape index (κ2) is 10.6. The number of rotatable bonds is 7. The van der Waals surface area contributed by atoms with Gasteiger partial charge in [-0.15, -0.1) is 11.6 Å². The molecule has 3 N–H and O–H groups in total. The normalized spacial score (nSPS) is 17.8. The number of para-hydroxylation sites is 1. The second-order valence-corrected chi connectivity index (χ2v) is 9.64. The summed E-state index contributed by atoms with van der Waals surface area (Å²) in [5.41, 5.74) is 7.62. The molecule has 1 fully saturated rings. The zero-order valence-corrected chi connectivity index (χ0v) is 20.8. The summed E-state index contributed by atoms with van der Waals surface area (Å²) in [4.78, 5) is 26.7. The maximum absolute atomic E-state index is 12.5. The number of nitrogens with one attached hydrogen (secondary N) is 1. The topological polar surface area (TPSA) is 102 Å². The van der Waals surface area contributed by atoms with E-state index < -0.39 is 5.91 Å². The summed E-state index contributed by atoms with van der Waals surface area (Å²) in [5.74, 6) is 2.45. The lowest BCUT2D eigenvalue weighted by atomic mass is 9.86. The third kappa shape index (κ3) is 4.91. The number of anilines is 1. The predicted molar refractivity (Wildman–Crippen MR) is 139 cm³/mol. The number of alkyl halides is 1. The van der Waals surface area contributed by atoms with Crippen LogP contribution in [-0.2, 0) is 4.79 Å². The van der Waals surface area contributed by atoms with E-state index in [0.717, 1.165) is 50.2 Å². The summed E-state index contributed by atoms with van der Waals surface area (Å²) in [7, 11) is 0. The summed E-state index contributed by atoms with van der Waals surface area (Å²) < 4.78 is 7.85. The summed E-state index contributed by atoms with van der Waals surface area (Å²) >= 11 is 5.75. The number of aromatic nitrogens is 2. The first-order chi connectivity index (χ1) is 17.5. The Labute approximate surface area is 215 Å². The molecule has 0 spiro atoms. The maximum atomic E-state index is 12.5. The standard InChI is InChI=1S/C27H30ClN5O3/c28-14-10-23(34)32-16-12-18(13-17-32)22-11-15-30-27-24(26(29)35)25(31-33(22)27)19-6-8-21(9-7-19)36-20-4-2-1-3-5-20/h1-9,18,22,30H,10-17H2,(H2,29,35)/t22-/m0/s1. The van der Waals surface area contributed by atoms with E-state index in [1.165, 1.54) is 0 Å². The Morgan fingerprint density at radius 1 is 1.03 bits per heavy atom. The average Bonchev–Trinajstić information content (AvgIpc) is 3.30. The highest BCUT2D eigenvalue weighted by atomic mass is 35.5. The van der Waals surface area contributed by atoms with Crippen LogP contribution in [0.5, 0.6) is 11.5 Å². The molecule has 2 aliphatic rings. The molecule has 0 bridgehead atoms. The van der Waals surface area contributed by atoms with E-state index in [1.54, 1.807) is 0 Å². The second-order valence-electron chi connectivity index (χ2n) is 9.26. The van der Waals surface area contributed by atoms with Crippen molar-refractivity contribution < 1.29 is 14.3 Å². The molecule has 2 aromatic carbocycles. The van der Waals surface area contributed by atoms with Gasteiger partial charge in [0.1, 0.15) is 28.6 Å². The van der Waals surface area contributed by atoms with Gasteiger partial charge in [0.25, 0.3) is 5.91 Å². The van der Waals surface area contributed by atoms with Gasteiger partial charge in [0.2, 0.25) is 5.91 Å². The van der Waals surface area contributed by atoms with Crippen molar-refractivity contribution in [3.05, 3.63) is 60.2 Å². The van der Waals surface area contributed by atoms with Crippen molar-refractivity contribution in [1.82, 2.24) is 14.7 Å². The highest BCUT2D eigenvalue weighted by Gasteiger charge is 2.35. The number of amides is 2. The van der Waals surface area contributed by atoms with E-state index in [4.69, 9.17) is 27.2 Å². The molecule has 0 radical (unpaired) electrons. The molecular formula is C27H30ClN5O3. The van der Waals surface area contributed by atoms with Crippen LogP contribution in [0.2, 0.25) is 0 Å². The van der Waals surface area contributed by atoms with Crippen molar-refractivity contribution in [2.45, 2.75) is 31.7 Å².